The molecule has 3 heterocycles. The Labute approximate surface area is 244 Å². The van der Waals surface area contributed by atoms with Crippen molar-refractivity contribution >= 4 is 20.9 Å². The fourth-order valence-corrected chi connectivity index (χ4v) is 8.31. The molecule has 2 aliphatic heterocycles. The number of piperidine rings is 2. The molecular weight excluding hydrogens is 535 g/mol. The minimum Gasteiger partial charge on any atom is -0.327 e. The molecule has 0 bridgehead atoms. The molecule has 222 valence electrons. The Morgan fingerprint density at radius 2 is 1.78 bits per heavy atom. The minimum atomic E-state index is -3.62. The van der Waals surface area contributed by atoms with E-state index < -0.39 is 15.7 Å². The van der Waals surface area contributed by atoms with E-state index in [-0.39, 0.29) is 4.90 Å². The third kappa shape index (κ3) is 5.72. The number of sulfone groups is 1. The molecule has 1 aromatic heterocycles. The highest BCUT2D eigenvalue weighted by molar-refractivity contribution is 7.90. The Kier molecular flexibility index (Phi) is 7.79. The molecule has 1 saturated carbocycles. The van der Waals surface area contributed by atoms with Gasteiger partial charge in [-0.2, -0.15) is 0 Å². The van der Waals surface area contributed by atoms with E-state index in [4.69, 9.17) is 4.98 Å². The van der Waals surface area contributed by atoms with Gasteiger partial charge in [0, 0.05) is 43.5 Å². The standard InChI is InChI=1S/C33H45FN4O2S/c1-6-27-19-28(16-22(3)38(27)20-23-7-8-23)37-13-11-24(12-14-37)26-15-21(2)32-30(18-26)36(4)33(35-32)25-9-10-31(29(34)17-25)41(5,39)40/h9-10,15,17-18,22-24,27-28H,6-8,11-14,16,19-20H2,1-5H3. The molecule has 3 aliphatic rings. The number of aryl methyl sites for hydroxylation is 2. The first-order valence-corrected chi connectivity index (χ1v) is 17.4. The van der Waals surface area contributed by atoms with E-state index in [1.807, 2.05) is 11.6 Å². The lowest BCUT2D eigenvalue weighted by atomic mass is 9.84. The summed E-state index contributed by atoms with van der Waals surface area (Å²) in [5.74, 6) is 1.38. The molecule has 2 saturated heterocycles. The number of aromatic nitrogens is 2. The van der Waals surface area contributed by atoms with Crippen molar-refractivity contribution in [3.8, 4) is 11.4 Å². The molecule has 0 radical (unpaired) electrons. The number of benzene rings is 2. The lowest BCUT2D eigenvalue weighted by Crippen LogP contribution is -2.55. The van der Waals surface area contributed by atoms with Crippen LogP contribution in [-0.2, 0) is 16.9 Å². The highest BCUT2D eigenvalue weighted by atomic mass is 32.2. The summed E-state index contributed by atoms with van der Waals surface area (Å²) in [6.45, 7) is 10.6. The van der Waals surface area contributed by atoms with E-state index >= 15 is 0 Å². The van der Waals surface area contributed by atoms with E-state index in [9.17, 15) is 12.8 Å². The van der Waals surface area contributed by atoms with Gasteiger partial charge in [0.25, 0.3) is 0 Å². The van der Waals surface area contributed by atoms with Gasteiger partial charge in [0.1, 0.15) is 16.5 Å². The predicted molar refractivity (Wildman–Crippen MR) is 163 cm³/mol. The summed E-state index contributed by atoms with van der Waals surface area (Å²) in [5.41, 5.74) is 5.01. The highest BCUT2D eigenvalue weighted by Gasteiger charge is 2.38. The third-order valence-corrected chi connectivity index (χ3v) is 11.3. The van der Waals surface area contributed by atoms with E-state index in [0.29, 0.717) is 29.4 Å². The second-order valence-electron chi connectivity index (χ2n) is 13.1. The van der Waals surface area contributed by atoms with Gasteiger partial charge in [-0.3, -0.25) is 4.90 Å². The number of imidazole rings is 1. The van der Waals surface area contributed by atoms with Crippen molar-refractivity contribution in [2.45, 2.75) is 94.7 Å². The van der Waals surface area contributed by atoms with Crippen LogP contribution in [0.4, 0.5) is 4.39 Å². The molecule has 6 nitrogen and oxygen atoms in total. The van der Waals surface area contributed by atoms with Crippen LogP contribution in [0.5, 0.6) is 0 Å². The van der Waals surface area contributed by atoms with Gasteiger partial charge >= 0.3 is 0 Å². The van der Waals surface area contributed by atoms with Crippen LogP contribution in [0, 0.1) is 18.7 Å². The average Bonchev–Trinajstić information content (AvgIpc) is 3.70. The van der Waals surface area contributed by atoms with Gasteiger partial charge in [0.2, 0.25) is 0 Å². The quantitative estimate of drug-likeness (QED) is 0.328. The Hall–Kier alpha value is -2.29. The van der Waals surface area contributed by atoms with E-state index in [0.717, 1.165) is 47.9 Å². The Bertz CT molecular complexity index is 1540. The van der Waals surface area contributed by atoms with Crippen molar-refractivity contribution in [3.05, 3.63) is 47.3 Å². The Balaban J connectivity index is 1.17. The van der Waals surface area contributed by atoms with Crippen molar-refractivity contribution in [1.29, 1.82) is 0 Å². The van der Waals surface area contributed by atoms with Gasteiger partial charge in [-0.1, -0.05) is 13.0 Å². The van der Waals surface area contributed by atoms with Gasteiger partial charge in [-0.15, -0.1) is 0 Å². The van der Waals surface area contributed by atoms with Crippen molar-refractivity contribution < 1.29 is 12.8 Å². The van der Waals surface area contributed by atoms with Crippen LogP contribution in [0.15, 0.2) is 35.2 Å². The molecule has 3 atom stereocenters. The number of hydrogen-bond acceptors (Lipinski definition) is 5. The summed E-state index contributed by atoms with van der Waals surface area (Å²) in [5, 5.41) is 0. The first-order valence-electron chi connectivity index (χ1n) is 15.5. The van der Waals surface area contributed by atoms with Gasteiger partial charge in [0.15, 0.2) is 9.84 Å². The smallest absolute Gasteiger partial charge is 0.178 e. The van der Waals surface area contributed by atoms with Crippen LogP contribution >= 0.6 is 0 Å². The molecule has 41 heavy (non-hydrogen) atoms. The molecule has 3 fully saturated rings. The zero-order valence-corrected chi connectivity index (χ0v) is 26.1. The van der Waals surface area contributed by atoms with E-state index in [2.05, 4.69) is 42.7 Å². The molecular formula is C33H45FN4O2S. The largest absolute Gasteiger partial charge is 0.327 e. The summed E-state index contributed by atoms with van der Waals surface area (Å²) < 4.78 is 40.5. The lowest BCUT2D eigenvalue weighted by molar-refractivity contribution is 0.0149. The molecule has 0 N–H and O–H groups in total. The molecule has 3 aromatic rings. The molecule has 2 aromatic carbocycles. The van der Waals surface area contributed by atoms with Crippen molar-refractivity contribution in [2.75, 3.05) is 25.9 Å². The second-order valence-corrected chi connectivity index (χ2v) is 15.1. The average molecular weight is 581 g/mol. The van der Waals surface area contributed by atoms with Gasteiger partial charge < -0.3 is 9.47 Å². The van der Waals surface area contributed by atoms with Crippen molar-refractivity contribution in [2.24, 2.45) is 13.0 Å². The second kappa shape index (κ2) is 11.1. The molecule has 3 unspecified atom stereocenters. The Morgan fingerprint density at radius 1 is 1.05 bits per heavy atom. The molecule has 8 heteroatoms. The summed E-state index contributed by atoms with van der Waals surface area (Å²) in [4.78, 5) is 10.2. The third-order valence-electron chi connectivity index (χ3n) is 10.1. The monoisotopic (exact) mass is 580 g/mol. The van der Waals surface area contributed by atoms with Gasteiger partial charge in [0.05, 0.1) is 11.0 Å². The van der Waals surface area contributed by atoms with E-state index in [1.165, 1.54) is 69.2 Å². The number of halogens is 1. The number of hydrogen-bond donors (Lipinski definition) is 0. The summed E-state index contributed by atoms with van der Waals surface area (Å²) in [6.07, 6.45) is 10.1. The van der Waals surface area contributed by atoms with Crippen molar-refractivity contribution in [1.82, 2.24) is 19.4 Å². The zero-order valence-electron chi connectivity index (χ0n) is 25.2. The SMILES string of the molecule is CCC1CC(N2CCC(c3cc(C)c4nc(-c5ccc(S(C)(=O)=O)c(F)c5)n(C)c4c3)CC2)CC(C)N1CC1CC1. The minimum absolute atomic E-state index is 0.284. The van der Waals surface area contributed by atoms with Crippen molar-refractivity contribution in [3.63, 3.8) is 0 Å². The fourth-order valence-electron chi connectivity index (χ4n) is 7.58. The van der Waals surface area contributed by atoms with Crippen LogP contribution in [-0.4, -0.2) is 71.8 Å². The predicted octanol–water partition coefficient (Wildman–Crippen LogP) is 6.31. The first-order chi connectivity index (χ1) is 19.5. The van der Waals surface area contributed by atoms with Crippen LogP contribution in [0.25, 0.3) is 22.4 Å². The zero-order chi connectivity index (χ0) is 29.1. The number of rotatable bonds is 7. The van der Waals surface area contributed by atoms with Crippen LogP contribution in [0.1, 0.15) is 75.8 Å². The number of likely N-dealkylation sites (tertiary alicyclic amines) is 2. The van der Waals surface area contributed by atoms with Gasteiger partial charge in [-0.05, 0) is 119 Å². The fraction of sp³-hybridized carbons (Fsp3) is 0.606. The number of fused-ring (bicyclic) bond motifs is 1. The summed E-state index contributed by atoms with van der Waals surface area (Å²) in [6, 6.07) is 10.9. The van der Waals surface area contributed by atoms with Crippen LogP contribution < -0.4 is 0 Å². The van der Waals surface area contributed by atoms with Crippen LogP contribution in [0.3, 0.4) is 0 Å². The molecule has 0 spiro atoms. The maximum atomic E-state index is 14.7. The van der Waals surface area contributed by atoms with Crippen LogP contribution in [0.2, 0.25) is 0 Å². The molecule has 0 amide bonds. The van der Waals surface area contributed by atoms with E-state index in [1.54, 1.807) is 6.07 Å². The maximum absolute atomic E-state index is 14.7. The number of nitrogens with zero attached hydrogens (tertiary/aromatic N) is 4. The summed E-state index contributed by atoms with van der Waals surface area (Å²) >= 11 is 0. The topological polar surface area (TPSA) is 58.4 Å². The van der Waals surface area contributed by atoms with Gasteiger partial charge in [-0.25, -0.2) is 17.8 Å². The first kappa shape index (κ1) is 28.8. The Morgan fingerprint density at radius 3 is 2.41 bits per heavy atom. The lowest BCUT2D eigenvalue weighted by Gasteiger charge is -2.48. The maximum Gasteiger partial charge on any atom is 0.178 e. The molecule has 6 rings (SSSR count). The normalized spacial score (nSPS) is 25.3. The highest BCUT2D eigenvalue weighted by Crippen LogP contribution is 2.38. The molecule has 1 aliphatic carbocycles. The summed E-state index contributed by atoms with van der Waals surface area (Å²) in [7, 11) is -1.66.